The van der Waals surface area contributed by atoms with Gasteiger partial charge in [0.05, 0.1) is 18.3 Å². The second-order valence-electron chi connectivity index (χ2n) is 8.65. The van der Waals surface area contributed by atoms with Crippen LogP contribution in [-0.4, -0.2) is 55.2 Å². The molecule has 8 nitrogen and oxygen atoms in total. The highest BCUT2D eigenvalue weighted by molar-refractivity contribution is 5.88. The van der Waals surface area contributed by atoms with E-state index in [-0.39, 0.29) is 25.4 Å². The molecule has 178 valence electrons. The Kier molecular flexibility index (Phi) is 6.95. The van der Waals surface area contributed by atoms with Gasteiger partial charge in [-0.25, -0.2) is 9.37 Å². The van der Waals surface area contributed by atoms with Crippen LogP contribution in [0.15, 0.2) is 55.1 Å². The Hall–Kier alpha value is -3.69. The van der Waals surface area contributed by atoms with Gasteiger partial charge < -0.3 is 14.8 Å². The van der Waals surface area contributed by atoms with Crippen molar-refractivity contribution in [1.82, 2.24) is 30.0 Å². The highest BCUT2D eigenvalue weighted by Crippen LogP contribution is 2.26. The minimum Gasteiger partial charge on any atom is -0.342 e. The van der Waals surface area contributed by atoms with Crippen LogP contribution in [0.1, 0.15) is 49.0 Å². The minimum absolute atomic E-state index is 0.0449. The van der Waals surface area contributed by atoms with Crippen molar-refractivity contribution >= 4 is 11.8 Å². The Balaban J connectivity index is 1.59. The predicted octanol–water partition coefficient (Wildman–Crippen LogP) is 2.78. The van der Waals surface area contributed by atoms with Crippen molar-refractivity contribution in [3.05, 3.63) is 77.9 Å². The van der Waals surface area contributed by atoms with Crippen molar-refractivity contribution in [1.29, 1.82) is 0 Å². The SMILES string of the molecule is CC(C)c1ccc([C@@H](NC(=O)[C@@H]2C[C@@H](F)CN2C(=O)Cn2cnnc2)c2ccccc2)nc1F. The Labute approximate surface area is 196 Å². The van der Waals surface area contributed by atoms with Crippen LogP contribution in [0.25, 0.3) is 0 Å². The molecule has 4 rings (SSSR count). The number of likely N-dealkylation sites (tertiary alicyclic amines) is 1. The summed E-state index contributed by atoms with van der Waals surface area (Å²) in [6, 6.07) is 10.6. The lowest BCUT2D eigenvalue weighted by atomic mass is 9.99. The highest BCUT2D eigenvalue weighted by atomic mass is 19.1. The number of hydrogen-bond donors (Lipinski definition) is 1. The standard InChI is InChI=1S/C24H26F2N6O2/c1-15(2)18-8-9-19(29-23(18)26)22(16-6-4-3-5-7-16)30-24(34)20-10-17(25)11-32(20)21(33)12-31-13-27-28-14-31/h3-9,13-15,17,20,22H,10-12H2,1-2H3,(H,30,34)/t17-,20+,22+/m1/s1. The van der Waals surface area contributed by atoms with Crippen LogP contribution >= 0.6 is 0 Å². The van der Waals surface area contributed by atoms with Crippen molar-refractivity contribution in [2.24, 2.45) is 0 Å². The van der Waals surface area contributed by atoms with E-state index in [1.807, 2.05) is 19.9 Å². The molecule has 0 unspecified atom stereocenters. The first-order valence-electron chi connectivity index (χ1n) is 11.1. The molecule has 1 saturated heterocycles. The van der Waals surface area contributed by atoms with Crippen molar-refractivity contribution < 1.29 is 18.4 Å². The maximum absolute atomic E-state index is 14.7. The number of pyridine rings is 1. The molecule has 3 aromatic rings. The molecule has 3 heterocycles. The van der Waals surface area contributed by atoms with Gasteiger partial charge in [0.15, 0.2) is 0 Å². The maximum Gasteiger partial charge on any atom is 0.243 e. The van der Waals surface area contributed by atoms with Gasteiger partial charge in [0.2, 0.25) is 17.8 Å². The highest BCUT2D eigenvalue weighted by Gasteiger charge is 2.40. The fourth-order valence-corrected chi connectivity index (χ4v) is 4.12. The quantitative estimate of drug-likeness (QED) is 0.539. The summed E-state index contributed by atoms with van der Waals surface area (Å²) in [5.74, 6) is -1.59. The summed E-state index contributed by atoms with van der Waals surface area (Å²) in [6.07, 6.45) is 1.32. The van der Waals surface area contributed by atoms with Crippen LogP contribution in [0.4, 0.5) is 8.78 Å². The van der Waals surface area contributed by atoms with E-state index in [1.165, 1.54) is 22.1 Å². The molecule has 2 aromatic heterocycles. The van der Waals surface area contributed by atoms with Crippen molar-refractivity contribution in [3.63, 3.8) is 0 Å². The van der Waals surface area contributed by atoms with Gasteiger partial charge >= 0.3 is 0 Å². The zero-order chi connectivity index (χ0) is 24.2. The molecule has 0 aliphatic carbocycles. The molecule has 0 saturated carbocycles. The van der Waals surface area contributed by atoms with Gasteiger partial charge in [-0.3, -0.25) is 9.59 Å². The van der Waals surface area contributed by atoms with Gasteiger partial charge in [0.1, 0.15) is 31.4 Å². The van der Waals surface area contributed by atoms with E-state index in [0.29, 0.717) is 16.8 Å². The lowest BCUT2D eigenvalue weighted by Crippen LogP contribution is -2.48. The molecule has 1 aromatic carbocycles. The van der Waals surface area contributed by atoms with Gasteiger partial charge in [0.25, 0.3) is 0 Å². The van der Waals surface area contributed by atoms with E-state index in [9.17, 15) is 18.4 Å². The Morgan fingerprint density at radius 1 is 1.12 bits per heavy atom. The first kappa shape index (κ1) is 23.5. The Bertz CT molecular complexity index is 1140. The predicted molar refractivity (Wildman–Crippen MR) is 120 cm³/mol. The number of benzene rings is 1. The van der Waals surface area contributed by atoms with Crippen LogP contribution in [0.3, 0.4) is 0 Å². The fraction of sp³-hybridized carbons (Fsp3) is 0.375. The van der Waals surface area contributed by atoms with Gasteiger partial charge in [-0.2, -0.15) is 4.39 Å². The first-order chi connectivity index (χ1) is 16.3. The summed E-state index contributed by atoms with van der Waals surface area (Å²) < 4.78 is 30.4. The van der Waals surface area contributed by atoms with E-state index >= 15 is 0 Å². The third-order valence-corrected chi connectivity index (χ3v) is 5.89. The number of nitrogens with zero attached hydrogens (tertiary/aromatic N) is 5. The van der Waals surface area contributed by atoms with Gasteiger partial charge in [-0.15, -0.1) is 10.2 Å². The Morgan fingerprint density at radius 3 is 2.47 bits per heavy atom. The number of aromatic nitrogens is 4. The lowest BCUT2D eigenvalue weighted by Gasteiger charge is -2.26. The molecule has 2 amide bonds. The van der Waals surface area contributed by atoms with Crippen LogP contribution < -0.4 is 5.32 Å². The van der Waals surface area contributed by atoms with Crippen molar-refractivity contribution in [2.45, 2.75) is 51.0 Å². The summed E-state index contributed by atoms with van der Waals surface area (Å²) in [5.41, 5.74) is 1.49. The third kappa shape index (κ3) is 5.11. The van der Waals surface area contributed by atoms with Gasteiger partial charge in [-0.1, -0.05) is 50.2 Å². The van der Waals surface area contributed by atoms with Crippen molar-refractivity contribution in [2.75, 3.05) is 6.54 Å². The molecule has 3 atom stereocenters. The van der Waals surface area contributed by atoms with Crippen molar-refractivity contribution in [3.8, 4) is 0 Å². The molecule has 1 aliphatic rings. The molecule has 1 fully saturated rings. The van der Waals surface area contributed by atoms with Crippen LogP contribution in [0.2, 0.25) is 0 Å². The number of halogens is 2. The fourth-order valence-electron chi connectivity index (χ4n) is 4.12. The largest absolute Gasteiger partial charge is 0.342 e. The lowest BCUT2D eigenvalue weighted by molar-refractivity contribution is -0.139. The molecule has 1 N–H and O–H groups in total. The first-order valence-corrected chi connectivity index (χ1v) is 11.1. The molecule has 10 heteroatoms. The smallest absolute Gasteiger partial charge is 0.243 e. The second kappa shape index (κ2) is 10.1. The minimum atomic E-state index is -1.32. The number of rotatable bonds is 7. The maximum atomic E-state index is 14.7. The second-order valence-corrected chi connectivity index (χ2v) is 8.65. The molecule has 0 radical (unpaired) electrons. The van der Waals surface area contributed by atoms with Gasteiger partial charge in [0, 0.05) is 12.0 Å². The molecular formula is C24H26F2N6O2. The topological polar surface area (TPSA) is 93.0 Å². The summed E-state index contributed by atoms with van der Waals surface area (Å²) in [7, 11) is 0. The van der Waals surface area contributed by atoms with E-state index < -0.39 is 36.0 Å². The molecule has 0 bridgehead atoms. The summed E-state index contributed by atoms with van der Waals surface area (Å²) in [4.78, 5) is 31.4. The van der Waals surface area contributed by atoms with E-state index in [2.05, 4.69) is 20.5 Å². The summed E-state index contributed by atoms with van der Waals surface area (Å²) in [5, 5.41) is 10.2. The van der Waals surface area contributed by atoms with E-state index in [0.717, 1.165) is 0 Å². The molecule has 0 spiro atoms. The number of nitrogens with one attached hydrogen (secondary N) is 1. The normalized spacial score (nSPS) is 18.8. The van der Waals surface area contributed by atoms with Crippen LogP contribution in [-0.2, 0) is 16.1 Å². The van der Waals surface area contributed by atoms with Crippen LogP contribution in [0, 0.1) is 5.95 Å². The zero-order valence-electron chi connectivity index (χ0n) is 18.9. The number of carbonyl (C=O) groups excluding carboxylic acids is 2. The Morgan fingerprint density at radius 2 is 1.82 bits per heavy atom. The van der Waals surface area contributed by atoms with E-state index in [1.54, 1.807) is 36.4 Å². The summed E-state index contributed by atoms with van der Waals surface area (Å²) in [6.45, 7) is 3.46. The molecular weight excluding hydrogens is 442 g/mol. The van der Waals surface area contributed by atoms with E-state index in [4.69, 9.17) is 0 Å². The number of amides is 2. The molecule has 1 aliphatic heterocycles. The summed E-state index contributed by atoms with van der Waals surface area (Å²) >= 11 is 0. The average molecular weight is 469 g/mol. The molecule has 34 heavy (non-hydrogen) atoms. The zero-order valence-corrected chi connectivity index (χ0v) is 18.9. The number of hydrogen-bond acceptors (Lipinski definition) is 5. The number of carbonyl (C=O) groups is 2. The number of alkyl halides is 1. The monoisotopic (exact) mass is 468 g/mol. The average Bonchev–Trinajstić information content (AvgIpc) is 3.47. The third-order valence-electron chi connectivity index (χ3n) is 5.89. The van der Waals surface area contributed by atoms with Crippen LogP contribution in [0.5, 0.6) is 0 Å². The van der Waals surface area contributed by atoms with Gasteiger partial charge in [-0.05, 0) is 17.5 Å².